The fourth-order valence-corrected chi connectivity index (χ4v) is 3.72. The Morgan fingerprint density at radius 1 is 1.31 bits per heavy atom. The summed E-state index contributed by atoms with van der Waals surface area (Å²) in [4.78, 5) is 12.4. The molecule has 0 aromatic heterocycles. The molecule has 0 bridgehead atoms. The number of halogens is 2. The van der Waals surface area contributed by atoms with Gasteiger partial charge in [0, 0.05) is 19.1 Å². The first-order chi connectivity index (χ1) is 12.1. The molecule has 0 radical (unpaired) electrons. The number of piperidine rings is 1. The Labute approximate surface area is 165 Å². The van der Waals surface area contributed by atoms with Gasteiger partial charge in [-0.3, -0.25) is 4.79 Å². The molecule has 0 aliphatic carbocycles. The van der Waals surface area contributed by atoms with Gasteiger partial charge in [-0.1, -0.05) is 11.6 Å². The van der Waals surface area contributed by atoms with E-state index in [4.69, 9.17) is 25.8 Å². The van der Waals surface area contributed by atoms with Crippen molar-refractivity contribution in [2.24, 2.45) is 5.41 Å². The number of benzene rings is 1. The van der Waals surface area contributed by atoms with Crippen LogP contribution in [0, 0.1) is 5.41 Å². The van der Waals surface area contributed by atoms with Gasteiger partial charge in [-0.25, -0.2) is 0 Å². The summed E-state index contributed by atoms with van der Waals surface area (Å²) in [6.45, 7) is 4.17. The molecular weight excluding hydrogens is 379 g/mol. The molecule has 8 heteroatoms. The lowest BCUT2D eigenvalue weighted by Gasteiger charge is -2.37. The first-order valence-corrected chi connectivity index (χ1v) is 9.04. The van der Waals surface area contributed by atoms with E-state index in [2.05, 4.69) is 10.6 Å². The highest BCUT2D eigenvalue weighted by atomic mass is 35.5. The van der Waals surface area contributed by atoms with Gasteiger partial charge in [0.05, 0.1) is 18.1 Å². The van der Waals surface area contributed by atoms with Gasteiger partial charge >= 0.3 is 0 Å². The minimum Gasteiger partial charge on any atom is -0.486 e. The van der Waals surface area contributed by atoms with E-state index in [-0.39, 0.29) is 30.2 Å². The van der Waals surface area contributed by atoms with Gasteiger partial charge in [-0.2, -0.15) is 0 Å². The molecule has 6 nitrogen and oxygen atoms in total. The standard InChI is InChI=1S/C18H25ClN2O4.ClH/c1-23-12-18(2-4-20-5-3-18)11-21-16(22)10-13-8-14(19)17-15(9-13)24-6-7-25-17;/h8-9,20H,2-7,10-12H2,1H3,(H,21,22);1H. The number of rotatable bonds is 6. The first kappa shape index (κ1) is 21.1. The van der Waals surface area contributed by atoms with Gasteiger partial charge in [0.2, 0.25) is 5.91 Å². The number of fused-ring (bicyclic) bond motifs is 1. The summed E-state index contributed by atoms with van der Waals surface area (Å²) in [7, 11) is 1.71. The smallest absolute Gasteiger partial charge is 0.224 e. The molecule has 1 fully saturated rings. The highest BCUT2D eigenvalue weighted by Crippen LogP contribution is 2.38. The van der Waals surface area contributed by atoms with E-state index in [0.29, 0.717) is 42.9 Å². The summed E-state index contributed by atoms with van der Waals surface area (Å²) in [5.41, 5.74) is 0.831. The van der Waals surface area contributed by atoms with Crippen LogP contribution in [0.15, 0.2) is 12.1 Å². The molecule has 3 rings (SSSR count). The van der Waals surface area contributed by atoms with E-state index in [1.807, 2.05) is 6.07 Å². The maximum Gasteiger partial charge on any atom is 0.224 e. The predicted molar refractivity (Wildman–Crippen MR) is 103 cm³/mol. The van der Waals surface area contributed by atoms with Crippen molar-refractivity contribution in [2.75, 3.05) is 46.6 Å². The van der Waals surface area contributed by atoms with Crippen LogP contribution < -0.4 is 20.1 Å². The second kappa shape index (κ2) is 9.65. The zero-order valence-corrected chi connectivity index (χ0v) is 16.5. The summed E-state index contributed by atoms with van der Waals surface area (Å²) in [6, 6.07) is 3.60. The van der Waals surface area contributed by atoms with Crippen LogP contribution in [0.5, 0.6) is 11.5 Å². The van der Waals surface area contributed by atoms with E-state index >= 15 is 0 Å². The van der Waals surface area contributed by atoms with Crippen molar-refractivity contribution in [1.29, 1.82) is 0 Å². The zero-order valence-electron chi connectivity index (χ0n) is 14.9. The molecule has 0 saturated carbocycles. The fourth-order valence-electron chi connectivity index (χ4n) is 3.44. The number of hydrogen-bond acceptors (Lipinski definition) is 5. The van der Waals surface area contributed by atoms with Crippen LogP contribution in [0.3, 0.4) is 0 Å². The van der Waals surface area contributed by atoms with Crippen molar-refractivity contribution in [3.05, 3.63) is 22.7 Å². The summed E-state index contributed by atoms with van der Waals surface area (Å²) < 4.78 is 16.5. The Hall–Kier alpha value is -1.21. The molecule has 1 aromatic rings. The molecule has 2 aliphatic rings. The predicted octanol–water partition coefficient (Wildman–Crippen LogP) is 2.21. The van der Waals surface area contributed by atoms with E-state index in [1.165, 1.54) is 0 Å². The summed E-state index contributed by atoms with van der Waals surface area (Å²) in [5, 5.41) is 6.90. The molecule has 0 spiro atoms. The Morgan fingerprint density at radius 2 is 2.04 bits per heavy atom. The highest BCUT2D eigenvalue weighted by molar-refractivity contribution is 6.32. The Balaban J connectivity index is 0.00000243. The van der Waals surface area contributed by atoms with Gasteiger partial charge < -0.3 is 24.8 Å². The number of ether oxygens (including phenoxy) is 3. The topological polar surface area (TPSA) is 68.8 Å². The van der Waals surface area contributed by atoms with Gasteiger partial charge in [-0.05, 0) is 43.6 Å². The number of carbonyl (C=O) groups is 1. The fraction of sp³-hybridized carbons (Fsp3) is 0.611. The lowest BCUT2D eigenvalue weighted by atomic mass is 9.79. The van der Waals surface area contributed by atoms with Crippen LogP contribution in [0.1, 0.15) is 18.4 Å². The normalized spacial score (nSPS) is 17.9. The number of carbonyl (C=O) groups excluding carboxylic acids is 1. The molecule has 1 saturated heterocycles. The second-order valence-corrected chi connectivity index (χ2v) is 7.15. The first-order valence-electron chi connectivity index (χ1n) is 8.66. The molecule has 2 aliphatic heterocycles. The zero-order chi connectivity index (χ0) is 17.7. The minimum atomic E-state index is -0.0262. The largest absolute Gasteiger partial charge is 0.486 e. The van der Waals surface area contributed by atoms with Crippen molar-refractivity contribution in [3.63, 3.8) is 0 Å². The molecule has 26 heavy (non-hydrogen) atoms. The van der Waals surface area contributed by atoms with Crippen molar-refractivity contribution < 1.29 is 19.0 Å². The molecule has 0 unspecified atom stereocenters. The molecule has 146 valence electrons. The molecule has 1 amide bonds. The van der Waals surface area contributed by atoms with Crippen molar-refractivity contribution in [3.8, 4) is 11.5 Å². The van der Waals surface area contributed by atoms with E-state index < -0.39 is 0 Å². The van der Waals surface area contributed by atoms with Gasteiger partial charge in [-0.15, -0.1) is 12.4 Å². The number of amides is 1. The molecule has 2 N–H and O–H groups in total. The number of methoxy groups -OCH3 is 1. The van der Waals surface area contributed by atoms with Crippen molar-refractivity contribution in [2.45, 2.75) is 19.3 Å². The van der Waals surface area contributed by atoms with Crippen LogP contribution in [-0.2, 0) is 16.0 Å². The van der Waals surface area contributed by atoms with Crippen LogP contribution in [0.2, 0.25) is 5.02 Å². The van der Waals surface area contributed by atoms with Gasteiger partial charge in [0.15, 0.2) is 11.5 Å². The molecule has 0 atom stereocenters. The van der Waals surface area contributed by atoms with Crippen molar-refractivity contribution in [1.82, 2.24) is 10.6 Å². The van der Waals surface area contributed by atoms with Gasteiger partial charge in [0.1, 0.15) is 13.2 Å². The lowest BCUT2D eigenvalue weighted by Crippen LogP contribution is -2.47. The van der Waals surface area contributed by atoms with E-state index in [0.717, 1.165) is 31.5 Å². The number of nitrogens with one attached hydrogen (secondary N) is 2. The third-order valence-electron chi connectivity index (χ3n) is 4.80. The van der Waals surface area contributed by atoms with E-state index in [1.54, 1.807) is 13.2 Å². The van der Waals surface area contributed by atoms with Crippen LogP contribution >= 0.6 is 24.0 Å². The van der Waals surface area contributed by atoms with Crippen LogP contribution in [0.25, 0.3) is 0 Å². The summed E-state index contributed by atoms with van der Waals surface area (Å²) in [5.74, 6) is 1.14. The number of hydrogen-bond donors (Lipinski definition) is 2. The third-order valence-corrected chi connectivity index (χ3v) is 5.08. The van der Waals surface area contributed by atoms with E-state index in [9.17, 15) is 4.79 Å². The SMILES string of the molecule is COCC1(CNC(=O)Cc2cc(Cl)c3c(c2)OCCO3)CCNCC1.Cl. The average molecular weight is 405 g/mol. The van der Waals surface area contributed by atoms with Crippen LogP contribution in [0.4, 0.5) is 0 Å². The lowest BCUT2D eigenvalue weighted by molar-refractivity contribution is -0.121. The molecular formula is C18H26Cl2N2O4. The second-order valence-electron chi connectivity index (χ2n) is 6.74. The monoisotopic (exact) mass is 404 g/mol. The Morgan fingerprint density at radius 3 is 2.77 bits per heavy atom. The maximum atomic E-state index is 12.4. The molecule has 2 heterocycles. The minimum absolute atomic E-state index is 0. The quantitative estimate of drug-likeness (QED) is 0.760. The summed E-state index contributed by atoms with van der Waals surface area (Å²) >= 11 is 6.23. The van der Waals surface area contributed by atoms with Crippen molar-refractivity contribution >= 4 is 29.9 Å². The molecule has 1 aromatic carbocycles. The Bertz CT molecular complexity index is 616. The third kappa shape index (κ3) is 5.16. The van der Waals surface area contributed by atoms with Crippen LogP contribution in [-0.4, -0.2) is 52.5 Å². The Kier molecular flexibility index (Phi) is 7.83. The average Bonchev–Trinajstić information content (AvgIpc) is 2.61. The van der Waals surface area contributed by atoms with Gasteiger partial charge in [0.25, 0.3) is 0 Å². The maximum absolute atomic E-state index is 12.4. The summed E-state index contributed by atoms with van der Waals surface area (Å²) in [6.07, 6.45) is 2.26. The highest BCUT2D eigenvalue weighted by Gasteiger charge is 2.32.